The van der Waals surface area contributed by atoms with Crippen LogP contribution in [0.5, 0.6) is 0 Å². The molecule has 0 unspecified atom stereocenters. The van der Waals surface area contributed by atoms with E-state index < -0.39 is 16.8 Å². The highest BCUT2D eigenvalue weighted by atomic mass is 31.2. The maximum atomic E-state index is 11.2. The summed E-state index contributed by atoms with van der Waals surface area (Å²) in [5, 5.41) is 1.25. The molecule has 8 rings (SSSR count). The number of hydrogen-bond acceptors (Lipinski definition) is 4. The van der Waals surface area contributed by atoms with Gasteiger partial charge in [-0.2, -0.15) is 0 Å². The summed E-state index contributed by atoms with van der Waals surface area (Å²) in [5.41, 5.74) is 23.3. The second-order valence-corrected chi connectivity index (χ2v) is 30.0. The zero-order valence-corrected chi connectivity index (χ0v) is 57.0. The fraction of sp³-hybridized carbons (Fsp3) is 0.400. The molecule has 456 valence electrons. The Morgan fingerprint density at radius 3 is 0.907 bits per heavy atom. The van der Waals surface area contributed by atoms with Gasteiger partial charge in [0.25, 0.3) is 0 Å². The normalized spacial score (nSPS) is 12.3. The minimum absolute atomic E-state index is 0.155. The summed E-state index contributed by atoms with van der Waals surface area (Å²) in [4.78, 5) is 44.3. The molecule has 0 heterocycles. The Hall–Kier alpha value is -5.54. The molecule has 0 amide bonds. The third-order valence-electron chi connectivity index (χ3n) is 17.0. The summed E-state index contributed by atoms with van der Waals surface area (Å²) in [5.74, 6) is 0. The molecule has 0 atom stereocenters. The average Bonchev–Trinajstić information content (AvgIpc) is 0.829. The van der Waals surface area contributed by atoms with Crippen LogP contribution in [0.2, 0.25) is 0 Å². The van der Waals surface area contributed by atoms with Crippen molar-refractivity contribution in [2.45, 2.75) is 209 Å². The Morgan fingerprint density at radius 1 is 0.267 bits per heavy atom. The van der Waals surface area contributed by atoms with E-state index in [2.05, 4.69) is 256 Å². The molecule has 0 aliphatic heterocycles. The maximum absolute atomic E-state index is 11.2. The average molecular weight is 1190 g/mol. The Bertz CT molecular complexity index is 3390. The lowest BCUT2D eigenvalue weighted by Crippen LogP contribution is -2.23. The molecular formula is C80H102O4P2. The number of aryl methyl sites for hydroxylation is 4. The van der Waals surface area contributed by atoms with Gasteiger partial charge < -0.3 is 19.6 Å². The van der Waals surface area contributed by atoms with Crippen molar-refractivity contribution in [2.75, 3.05) is 0 Å². The smallest absolute Gasteiger partial charge is 0.200 e. The van der Waals surface area contributed by atoms with E-state index in [-0.39, 0.29) is 21.7 Å². The molecule has 4 N–H and O–H groups in total. The van der Waals surface area contributed by atoms with Crippen LogP contribution in [0, 0.1) is 0 Å². The zero-order valence-electron chi connectivity index (χ0n) is 55.2. The van der Waals surface area contributed by atoms with E-state index >= 15 is 0 Å². The second-order valence-electron chi connectivity index (χ2n) is 27.8. The lowest BCUT2D eigenvalue weighted by atomic mass is 9.69. The van der Waals surface area contributed by atoms with Crippen LogP contribution in [0.25, 0.3) is 66.8 Å². The van der Waals surface area contributed by atoms with Crippen molar-refractivity contribution < 1.29 is 19.6 Å². The van der Waals surface area contributed by atoms with Crippen molar-refractivity contribution in [1.29, 1.82) is 0 Å². The molecule has 0 spiro atoms. The van der Waals surface area contributed by atoms with Crippen molar-refractivity contribution in [2.24, 2.45) is 0 Å². The molecular weight excluding hydrogens is 1090 g/mol. The number of hydrogen-bond donors (Lipinski definition) is 4. The summed E-state index contributed by atoms with van der Waals surface area (Å²) < 4.78 is 0. The molecule has 0 saturated heterocycles. The Morgan fingerprint density at radius 2 is 0.570 bits per heavy atom. The maximum Gasteiger partial charge on any atom is 0.200 e. The highest BCUT2D eigenvalue weighted by Gasteiger charge is 2.36. The van der Waals surface area contributed by atoms with Gasteiger partial charge in [-0.25, -0.2) is 0 Å². The van der Waals surface area contributed by atoms with E-state index in [1.54, 1.807) is 0 Å². The molecule has 8 aromatic rings. The van der Waals surface area contributed by atoms with Gasteiger partial charge in [0.1, 0.15) is 0 Å². The van der Waals surface area contributed by atoms with Crippen LogP contribution < -0.4 is 10.6 Å². The zero-order chi connectivity index (χ0) is 62.7. The predicted molar refractivity (Wildman–Crippen MR) is 377 cm³/mol. The lowest BCUT2D eigenvalue weighted by molar-refractivity contribution is 0.495. The first kappa shape index (κ1) is 68.0. The Labute approximate surface area is 522 Å². The van der Waals surface area contributed by atoms with Crippen LogP contribution in [-0.4, -0.2) is 19.6 Å². The van der Waals surface area contributed by atoms with Gasteiger partial charge in [-0.1, -0.05) is 282 Å². The van der Waals surface area contributed by atoms with E-state index in [1.807, 2.05) is 12.1 Å². The van der Waals surface area contributed by atoms with Crippen LogP contribution in [0.3, 0.4) is 0 Å². The van der Waals surface area contributed by atoms with Crippen LogP contribution in [0.15, 0.2) is 158 Å². The van der Waals surface area contributed by atoms with Gasteiger partial charge in [-0.15, -0.1) is 0 Å². The van der Waals surface area contributed by atoms with E-state index in [1.165, 1.54) is 66.8 Å². The molecule has 86 heavy (non-hydrogen) atoms. The first-order valence-corrected chi connectivity index (χ1v) is 34.6. The van der Waals surface area contributed by atoms with Crippen molar-refractivity contribution in [3.05, 3.63) is 202 Å². The van der Waals surface area contributed by atoms with Gasteiger partial charge in [-0.05, 0) is 185 Å². The molecule has 8 aromatic carbocycles. The number of unbranched alkanes of at least 4 members (excludes halogenated alkanes) is 4. The molecule has 0 bridgehead atoms. The SMILES string of the molecule is CC(C)(C)c1cccc(C(C)(C)C)c1-c1c(-c2ccccc2)ccc(P(O)O)c1-c1c(C(C)(C)C)cccc1C(C)(C)C.CCCCc1cccc(CCCC)c1-c1ccc(P(O)O)c(-c2c(CCCC)cccc2CCCC)c1-c1ccccc1. The quantitative estimate of drug-likeness (QED) is 0.0573. The minimum atomic E-state index is -2.40. The van der Waals surface area contributed by atoms with Gasteiger partial charge >= 0.3 is 0 Å². The summed E-state index contributed by atoms with van der Waals surface area (Å²) in [7, 11) is -4.71. The second kappa shape index (κ2) is 29.6. The summed E-state index contributed by atoms with van der Waals surface area (Å²) in [6.45, 7) is 36.2. The molecule has 0 saturated carbocycles. The number of benzene rings is 8. The monoisotopic (exact) mass is 1190 g/mol. The van der Waals surface area contributed by atoms with Gasteiger partial charge in [0.15, 0.2) is 16.8 Å². The summed E-state index contributed by atoms with van der Waals surface area (Å²) in [6, 6.07) is 56.4. The fourth-order valence-electron chi connectivity index (χ4n) is 12.7. The number of rotatable bonds is 20. The van der Waals surface area contributed by atoms with Crippen LogP contribution >= 0.6 is 16.8 Å². The summed E-state index contributed by atoms with van der Waals surface area (Å²) >= 11 is 0. The van der Waals surface area contributed by atoms with Gasteiger partial charge in [0.05, 0.1) is 0 Å². The third-order valence-corrected chi connectivity index (χ3v) is 18.6. The van der Waals surface area contributed by atoms with E-state index in [4.69, 9.17) is 0 Å². The van der Waals surface area contributed by atoms with E-state index in [0.717, 1.165) is 122 Å². The van der Waals surface area contributed by atoms with Gasteiger partial charge in [0, 0.05) is 21.7 Å². The Kier molecular flexibility index (Phi) is 23.4. The molecule has 0 aliphatic rings. The molecule has 4 nitrogen and oxygen atoms in total. The molecule has 0 aromatic heterocycles. The van der Waals surface area contributed by atoms with E-state index in [9.17, 15) is 19.6 Å². The van der Waals surface area contributed by atoms with Crippen LogP contribution in [0.4, 0.5) is 0 Å². The topological polar surface area (TPSA) is 80.9 Å². The van der Waals surface area contributed by atoms with Crippen molar-refractivity contribution in [3.8, 4) is 66.8 Å². The Balaban J connectivity index is 0.000000246. The molecule has 0 radical (unpaired) electrons. The van der Waals surface area contributed by atoms with Crippen molar-refractivity contribution >= 4 is 27.4 Å². The van der Waals surface area contributed by atoms with Gasteiger partial charge in [0.2, 0.25) is 0 Å². The standard InChI is InChI=1S/2C40H51O2P/c1-37(2,3)28-20-16-21-29(38(4,5)6)34(28)33-27(26-18-14-13-15-19-26)24-25-32(43(41)42)36(33)35-30(39(7,8)9)22-17-23-31(35)40(10,11)12;1-5-9-18-30-24-16-25-31(19-10-6-2)37(30)35-28-29-36(43(41)42)40(39(35)34-22-14-13-15-23-34)38-32(20-11-7-3)26-17-27-33(38)21-12-8-4/h13-25,41-42H,1-12H3;13-17,22-29,41-42H,5-12,18-21H2,1-4H3. The highest BCUT2D eigenvalue weighted by Crippen LogP contribution is 2.53. The van der Waals surface area contributed by atoms with Crippen LogP contribution in [0.1, 0.15) is 207 Å². The predicted octanol–water partition coefficient (Wildman–Crippen LogP) is 21.8. The molecule has 0 fully saturated rings. The first-order chi connectivity index (χ1) is 40.8. The minimum Gasteiger partial charge on any atom is -0.347 e. The third kappa shape index (κ3) is 15.8. The lowest BCUT2D eigenvalue weighted by Gasteiger charge is -2.35. The molecule has 6 heteroatoms. The largest absolute Gasteiger partial charge is 0.347 e. The van der Waals surface area contributed by atoms with Gasteiger partial charge in [-0.3, -0.25) is 0 Å². The van der Waals surface area contributed by atoms with E-state index in [0.29, 0.717) is 10.6 Å². The van der Waals surface area contributed by atoms with Crippen molar-refractivity contribution in [3.63, 3.8) is 0 Å². The van der Waals surface area contributed by atoms with Crippen LogP contribution in [-0.2, 0) is 47.3 Å². The first-order valence-electron chi connectivity index (χ1n) is 32.1. The van der Waals surface area contributed by atoms with Crippen molar-refractivity contribution in [1.82, 2.24) is 0 Å². The molecule has 0 aliphatic carbocycles. The summed E-state index contributed by atoms with van der Waals surface area (Å²) in [6.07, 6.45) is 13.1. The highest BCUT2D eigenvalue weighted by molar-refractivity contribution is 7.54. The fourth-order valence-corrected chi connectivity index (χ4v) is 13.9.